The van der Waals surface area contributed by atoms with Gasteiger partial charge in [0, 0.05) is 12.6 Å². The van der Waals surface area contributed by atoms with Crippen molar-refractivity contribution in [3.63, 3.8) is 0 Å². The zero-order chi connectivity index (χ0) is 30.2. The van der Waals surface area contributed by atoms with Crippen molar-refractivity contribution in [2.75, 3.05) is 25.1 Å². The molecule has 220 valence electrons. The molecule has 0 saturated heterocycles. The van der Waals surface area contributed by atoms with Gasteiger partial charge in [-0.05, 0) is 68.3 Å². The highest BCUT2D eigenvalue weighted by Gasteiger charge is 2.33. The number of nitrogens with one attached hydrogen (secondary N) is 1. The minimum absolute atomic E-state index is 0.00371. The summed E-state index contributed by atoms with van der Waals surface area (Å²) in [6, 6.07) is 18.4. The number of anilines is 1. The third kappa shape index (κ3) is 7.92. The van der Waals surface area contributed by atoms with Gasteiger partial charge in [0.25, 0.3) is 10.0 Å². The minimum Gasteiger partial charge on any atom is -0.497 e. The summed E-state index contributed by atoms with van der Waals surface area (Å²) in [6.45, 7) is 4.95. The molecule has 11 heteroatoms. The number of halogens is 1. The number of rotatable bonds is 13. The molecule has 0 aromatic heterocycles. The van der Waals surface area contributed by atoms with Crippen LogP contribution in [0, 0.1) is 0 Å². The molecule has 3 rings (SSSR count). The highest BCUT2D eigenvalue weighted by atomic mass is 35.5. The molecule has 9 nitrogen and oxygen atoms in total. The molecule has 0 spiro atoms. The lowest BCUT2D eigenvalue weighted by molar-refractivity contribution is -0.139. The van der Waals surface area contributed by atoms with Crippen LogP contribution in [0.3, 0.4) is 0 Å². The van der Waals surface area contributed by atoms with Gasteiger partial charge < -0.3 is 19.7 Å². The largest absolute Gasteiger partial charge is 0.497 e. The smallest absolute Gasteiger partial charge is 0.264 e. The zero-order valence-corrected chi connectivity index (χ0v) is 25.4. The molecule has 2 amide bonds. The van der Waals surface area contributed by atoms with Crippen LogP contribution in [0.4, 0.5) is 5.69 Å². The lowest BCUT2D eigenvalue weighted by atomic mass is 10.1. The normalized spacial score (nSPS) is 12.6. The Morgan fingerprint density at radius 2 is 1.61 bits per heavy atom. The number of hydrogen-bond acceptors (Lipinski definition) is 6. The molecule has 0 aliphatic carbocycles. The van der Waals surface area contributed by atoms with Crippen LogP contribution in [0.2, 0.25) is 5.02 Å². The summed E-state index contributed by atoms with van der Waals surface area (Å²) in [5.74, 6) is 0.0891. The van der Waals surface area contributed by atoms with Crippen LogP contribution in [0.25, 0.3) is 0 Å². The lowest BCUT2D eigenvalue weighted by Crippen LogP contribution is -2.52. The first kappa shape index (κ1) is 31.8. The molecule has 0 fully saturated rings. The van der Waals surface area contributed by atoms with Gasteiger partial charge in [0.1, 0.15) is 24.1 Å². The molecule has 0 saturated carbocycles. The van der Waals surface area contributed by atoms with Gasteiger partial charge in [-0.3, -0.25) is 13.9 Å². The van der Waals surface area contributed by atoms with Gasteiger partial charge in [-0.25, -0.2) is 8.42 Å². The van der Waals surface area contributed by atoms with Crippen molar-refractivity contribution in [1.82, 2.24) is 10.2 Å². The molecule has 3 aromatic carbocycles. The maximum atomic E-state index is 14.0. The molecular weight excluding hydrogens is 566 g/mol. The number of carbonyl (C=O) groups excluding carboxylic acids is 2. The van der Waals surface area contributed by atoms with E-state index in [1.54, 1.807) is 56.5 Å². The van der Waals surface area contributed by atoms with Gasteiger partial charge in [0.15, 0.2) is 0 Å². The number of methoxy groups -OCH3 is 2. The van der Waals surface area contributed by atoms with Crippen LogP contribution >= 0.6 is 11.6 Å². The second kappa shape index (κ2) is 14.2. The summed E-state index contributed by atoms with van der Waals surface area (Å²) in [7, 11) is -1.20. The van der Waals surface area contributed by atoms with E-state index < -0.39 is 28.5 Å². The summed E-state index contributed by atoms with van der Waals surface area (Å²) in [5.41, 5.74) is 0.918. The van der Waals surface area contributed by atoms with Gasteiger partial charge >= 0.3 is 0 Å². The predicted octanol–water partition coefficient (Wildman–Crippen LogP) is 4.88. The van der Waals surface area contributed by atoms with Crippen molar-refractivity contribution in [3.05, 3.63) is 83.4 Å². The zero-order valence-electron chi connectivity index (χ0n) is 23.8. The Labute approximate surface area is 247 Å². The molecule has 0 aliphatic heterocycles. The second-order valence-corrected chi connectivity index (χ2v) is 11.8. The summed E-state index contributed by atoms with van der Waals surface area (Å²) in [6.07, 6.45) is 0.714. The van der Waals surface area contributed by atoms with Crippen molar-refractivity contribution in [2.24, 2.45) is 0 Å². The fraction of sp³-hybridized carbons (Fsp3) is 0.333. The molecule has 41 heavy (non-hydrogen) atoms. The molecule has 0 unspecified atom stereocenters. The topological polar surface area (TPSA) is 105 Å². The SMILES string of the molecule is CC[C@@H](C)NC(=O)[C@@H](C)N(Cc1ccc(OC)cc1)C(=O)CN(c1ccc(OC)c(Cl)c1)S(=O)(=O)c1ccccc1. The summed E-state index contributed by atoms with van der Waals surface area (Å²) in [4.78, 5) is 28.5. The lowest BCUT2D eigenvalue weighted by Gasteiger charge is -2.32. The molecule has 0 radical (unpaired) electrons. The summed E-state index contributed by atoms with van der Waals surface area (Å²) >= 11 is 6.35. The first-order valence-corrected chi connectivity index (χ1v) is 15.0. The first-order chi connectivity index (χ1) is 19.5. The van der Waals surface area contributed by atoms with Crippen molar-refractivity contribution < 1.29 is 27.5 Å². The molecule has 0 bridgehead atoms. The quantitative estimate of drug-likeness (QED) is 0.299. The van der Waals surface area contributed by atoms with Crippen molar-refractivity contribution in [1.29, 1.82) is 0 Å². The second-order valence-electron chi connectivity index (χ2n) is 9.51. The summed E-state index contributed by atoms with van der Waals surface area (Å²) < 4.78 is 39.2. The fourth-order valence-corrected chi connectivity index (χ4v) is 5.71. The Morgan fingerprint density at radius 3 is 2.17 bits per heavy atom. The van der Waals surface area contributed by atoms with E-state index in [0.717, 1.165) is 9.87 Å². The third-order valence-electron chi connectivity index (χ3n) is 6.71. The van der Waals surface area contributed by atoms with Crippen molar-refractivity contribution in [2.45, 2.75) is 50.7 Å². The number of hydrogen-bond donors (Lipinski definition) is 1. The Balaban J connectivity index is 2.04. The standard InChI is InChI=1S/C30H36ClN3O6S/c1-6-21(2)32-30(36)22(3)33(19-23-12-15-25(39-4)16-13-23)29(35)20-34(24-14-17-28(40-5)27(31)18-24)41(37,38)26-10-8-7-9-11-26/h7-18,21-22H,6,19-20H2,1-5H3,(H,32,36)/t21-,22-/m1/s1. The maximum absolute atomic E-state index is 14.0. The van der Waals surface area contributed by atoms with Crippen LogP contribution in [0.1, 0.15) is 32.8 Å². The Kier molecular flexibility index (Phi) is 11.0. The van der Waals surface area contributed by atoms with E-state index in [9.17, 15) is 18.0 Å². The van der Waals surface area contributed by atoms with E-state index in [-0.39, 0.29) is 34.1 Å². The monoisotopic (exact) mass is 601 g/mol. The van der Waals surface area contributed by atoms with Crippen molar-refractivity contribution >= 4 is 39.1 Å². The average Bonchev–Trinajstić information content (AvgIpc) is 2.98. The van der Waals surface area contributed by atoms with E-state index in [1.165, 1.54) is 42.3 Å². The van der Waals surface area contributed by atoms with E-state index >= 15 is 0 Å². The first-order valence-electron chi connectivity index (χ1n) is 13.2. The highest BCUT2D eigenvalue weighted by molar-refractivity contribution is 7.92. The van der Waals surface area contributed by atoms with Crippen LogP contribution in [-0.2, 0) is 26.2 Å². The van der Waals surface area contributed by atoms with Crippen LogP contribution in [0.15, 0.2) is 77.7 Å². The van der Waals surface area contributed by atoms with E-state index in [4.69, 9.17) is 21.1 Å². The molecule has 2 atom stereocenters. The average molecular weight is 602 g/mol. The van der Waals surface area contributed by atoms with E-state index in [1.807, 2.05) is 13.8 Å². The maximum Gasteiger partial charge on any atom is 0.264 e. The number of benzene rings is 3. The number of nitrogens with zero attached hydrogens (tertiary/aromatic N) is 2. The molecule has 0 heterocycles. The minimum atomic E-state index is -4.20. The third-order valence-corrected chi connectivity index (χ3v) is 8.80. The number of ether oxygens (including phenoxy) is 2. The van der Waals surface area contributed by atoms with Gasteiger partial charge in [-0.2, -0.15) is 0 Å². The number of amides is 2. The van der Waals surface area contributed by atoms with Gasteiger partial charge in [0.2, 0.25) is 11.8 Å². The molecular formula is C30H36ClN3O6S. The summed E-state index contributed by atoms with van der Waals surface area (Å²) in [5, 5.41) is 3.10. The van der Waals surface area contributed by atoms with Gasteiger partial charge in [-0.1, -0.05) is 48.9 Å². The van der Waals surface area contributed by atoms with E-state index in [2.05, 4.69) is 5.32 Å². The number of carbonyl (C=O) groups is 2. The van der Waals surface area contributed by atoms with Crippen LogP contribution in [0.5, 0.6) is 11.5 Å². The van der Waals surface area contributed by atoms with Crippen LogP contribution < -0.4 is 19.1 Å². The number of sulfonamides is 1. The highest BCUT2D eigenvalue weighted by Crippen LogP contribution is 2.32. The van der Waals surface area contributed by atoms with Gasteiger partial charge in [0.05, 0.1) is 29.8 Å². The van der Waals surface area contributed by atoms with Crippen molar-refractivity contribution in [3.8, 4) is 11.5 Å². The molecule has 0 aliphatic rings. The van der Waals surface area contributed by atoms with E-state index in [0.29, 0.717) is 17.9 Å². The fourth-order valence-electron chi connectivity index (χ4n) is 4.03. The van der Waals surface area contributed by atoms with Crippen LogP contribution in [-0.4, -0.2) is 58.0 Å². The Hall–Kier alpha value is -3.76. The molecule has 1 N–H and O–H groups in total. The predicted molar refractivity (Wildman–Crippen MR) is 160 cm³/mol. The Bertz CT molecular complexity index is 1430. The van der Waals surface area contributed by atoms with Gasteiger partial charge in [-0.15, -0.1) is 0 Å². The Morgan fingerprint density at radius 1 is 0.951 bits per heavy atom. The molecule has 3 aromatic rings.